The van der Waals surface area contributed by atoms with Crippen LogP contribution >= 0.6 is 15.9 Å². The smallest absolute Gasteiger partial charge is 0.238 e. The molecule has 0 bridgehead atoms. The van der Waals surface area contributed by atoms with Crippen LogP contribution < -0.4 is 5.32 Å². The lowest BCUT2D eigenvalue weighted by molar-refractivity contribution is -0.117. The van der Waals surface area contributed by atoms with Crippen molar-refractivity contribution in [1.82, 2.24) is 4.90 Å². The molecule has 1 unspecified atom stereocenters. The first-order chi connectivity index (χ1) is 11.3. The number of nitrogens with zero attached hydrogens (tertiary/aromatic N) is 1. The molecule has 1 heterocycles. The summed E-state index contributed by atoms with van der Waals surface area (Å²) in [5, 5.41) is 2.56. The number of rotatable bonds is 7. The Morgan fingerprint density at radius 2 is 2.21 bits per heavy atom. The highest BCUT2D eigenvalue weighted by atomic mass is 79.9. The van der Waals surface area contributed by atoms with Gasteiger partial charge in [0.05, 0.1) is 23.7 Å². The van der Waals surface area contributed by atoms with Gasteiger partial charge in [-0.05, 0) is 37.6 Å². The van der Waals surface area contributed by atoms with Gasteiger partial charge in [-0.1, -0.05) is 29.3 Å². The molecular formula is C16H22BrFN2O3S. The van der Waals surface area contributed by atoms with E-state index < -0.39 is 15.7 Å². The summed E-state index contributed by atoms with van der Waals surface area (Å²) in [5.41, 5.74) is 0.123. The van der Waals surface area contributed by atoms with Crippen LogP contribution in [-0.2, 0) is 14.6 Å². The molecule has 0 aromatic heterocycles. The molecule has 1 aliphatic heterocycles. The van der Waals surface area contributed by atoms with Crippen LogP contribution in [0.5, 0.6) is 0 Å². The molecule has 0 radical (unpaired) electrons. The lowest BCUT2D eigenvalue weighted by Crippen LogP contribution is -2.42. The highest BCUT2D eigenvalue weighted by molar-refractivity contribution is 9.10. The predicted octanol–water partition coefficient (Wildman–Crippen LogP) is 2.82. The van der Waals surface area contributed by atoms with E-state index in [0.29, 0.717) is 17.4 Å². The quantitative estimate of drug-likeness (QED) is 0.736. The van der Waals surface area contributed by atoms with Crippen molar-refractivity contribution in [1.29, 1.82) is 0 Å². The fourth-order valence-electron chi connectivity index (χ4n) is 2.78. The highest BCUT2D eigenvalue weighted by Gasteiger charge is 2.32. The van der Waals surface area contributed by atoms with Crippen molar-refractivity contribution >= 4 is 37.4 Å². The number of carbonyl (C=O) groups is 1. The summed E-state index contributed by atoms with van der Waals surface area (Å²) >= 11 is 3.17. The number of amides is 1. The Bertz CT molecular complexity index is 697. The van der Waals surface area contributed by atoms with Gasteiger partial charge < -0.3 is 5.32 Å². The van der Waals surface area contributed by atoms with Crippen molar-refractivity contribution in [2.45, 2.75) is 32.2 Å². The monoisotopic (exact) mass is 420 g/mol. The molecule has 1 amide bonds. The van der Waals surface area contributed by atoms with Crippen molar-refractivity contribution < 1.29 is 17.6 Å². The van der Waals surface area contributed by atoms with E-state index in [1.165, 1.54) is 12.1 Å². The number of unbranched alkanes of at least 4 members (excludes halogenated alkanes) is 1. The van der Waals surface area contributed by atoms with E-state index in [0.717, 1.165) is 12.8 Å². The number of benzene rings is 1. The van der Waals surface area contributed by atoms with Gasteiger partial charge >= 0.3 is 0 Å². The molecule has 2 rings (SSSR count). The number of hydrogen-bond acceptors (Lipinski definition) is 4. The number of hydrogen-bond donors (Lipinski definition) is 1. The second-order valence-corrected chi connectivity index (χ2v) is 9.20. The van der Waals surface area contributed by atoms with Gasteiger partial charge in [0.2, 0.25) is 5.91 Å². The normalized spacial score (nSPS) is 19.6. The Balaban J connectivity index is 2.01. The first kappa shape index (κ1) is 19.3. The van der Waals surface area contributed by atoms with Crippen molar-refractivity contribution in [2.24, 2.45) is 0 Å². The van der Waals surface area contributed by atoms with E-state index in [2.05, 4.69) is 21.2 Å². The second-order valence-electron chi connectivity index (χ2n) is 6.05. The van der Waals surface area contributed by atoms with Crippen LogP contribution in [0.1, 0.15) is 26.2 Å². The van der Waals surface area contributed by atoms with E-state index in [1.54, 1.807) is 6.07 Å². The molecule has 134 valence electrons. The molecule has 0 saturated carbocycles. The summed E-state index contributed by atoms with van der Waals surface area (Å²) < 4.78 is 37.8. The number of anilines is 1. The minimum Gasteiger partial charge on any atom is -0.322 e. The minimum absolute atomic E-state index is 0.0652. The standard InChI is InChI=1S/C16H22BrFN2O3S/c1-2-3-7-20(13-6-8-24(22,23)11-13)10-16(21)19-15-5-4-12(17)9-14(15)18/h4-5,9,13H,2-3,6-8,10-11H2,1H3,(H,19,21). The van der Waals surface area contributed by atoms with Crippen LogP contribution in [0.15, 0.2) is 22.7 Å². The molecule has 1 N–H and O–H groups in total. The molecule has 1 aromatic carbocycles. The Morgan fingerprint density at radius 1 is 1.46 bits per heavy atom. The fraction of sp³-hybridized carbons (Fsp3) is 0.562. The third-order valence-electron chi connectivity index (χ3n) is 4.08. The first-order valence-electron chi connectivity index (χ1n) is 8.00. The van der Waals surface area contributed by atoms with Crippen LogP contribution in [0.4, 0.5) is 10.1 Å². The summed E-state index contributed by atoms with van der Waals surface area (Å²) in [6, 6.07) is 4.29. The molecule has 24 heavy (non-hydrogen) atoms. The van der Waals surface area contributed by atoms with Gasteiger partial charge in [0.25, 0.3) is 0 Å². The zero-order valence-corrected chi connectivity index (χ0v) is 16.0. The van der Waals surface area contributed by atoms with Crippen molar-refractivity contribution in [2.75, 3.05) is 29.9 Å². The minimum atomic E-state index is -3.01. The molecule has 5 nitrogen and oxygen atoms in total. The maximum Gasteiger partial charge on any atom is 0.238 e. The van der Waals surface area contributed by atoms with E-state index in [-0.39, 0.29) is 35.7 Å². The third-order valence-corrected chi connectivity index (χ3v) is 6.32. The molecule has 8 heteroatoms. The zero-order chi connectivity index (χ0) is 17.7. The fourth-order valence-corrected chi connectivity index (χ4v) is 4.88. The van der Waals surface area contributed by atoms with Gasteiger partial charge in [0.1, 0.15) is 5.82 Å². The Labute approximate surface area is 150 Å². The predicted molar refractivity (Wildman–Crippen MR) is 96.3 cm³/mol. The van der Waals surface area contributed by atoms with E-state index in [9.17, 15) is 17.6 Å². The Hall–Kier alpha value is -0.990. The topological polar surface area (TPSA) is 66.5 Å². The number of halogens is 2. The number of sulfone groups is 1. The van der Waals surface area contributed by atoms with E-state index >= 15 is 0 Å². The van der Waals surface area contributed by atoms with Crippen LogP contribution in [-0.4, -0.2) is 49.9 Å². The van der Waals surface area contributed by atoms with Gasteiger partial charge in [0.15, 0.2) is 9.84 Å². The van der Waals surface area contributed by atoms with Gasteiger partial charge in [-0.2, -0.15) is 0 Å². The maximum absolute atomic E-state index is 13.8. The van der Waals surface area contributed by atoms with Crippen LogP contribution in [0.3, 0.4) is 0 Å². The van der Waals surface area contributed by atoms with Gasteiger partial charge in [0, 0.05) is 10.5 Å². The molecule has 1 saturated heterocycles. The van der Waals surface area contributed by atoms with Crippen molar-refractivity contribution in [3.8, 4) is 0 Å². The molecule has 1 fully saturated rings. The highest BCUT2D eigenvalue weighted by Crippen LogP contribution is 2.21. The molecule has 1 aliphatic rings. The average Bonchev–Trinajstić information content (AvgIpc) is 2.86. The number of nitrogens with one attached hydrogen (secondary N) is 1. The summed E-state index contributed by atoms with van der Waals surface area (Å²) in [6.45, 7) is 2.77. The molecule has 1 aromatic rings. The first-order valence-corrected chi connectivity index (χ1v) is 10.6. The average molecular weight is 421 g/mol. The summed E-state index contributed by atoms with van der Waals surface area (Å²) in [7, 11) is -3.01. The largest absolute Gasteiger partial charge is 0.322 e. The summed E-state index contributed by atoms with van der Waals surface area (Å²) in [5.74, 6) is -0.585. The zero-order valence-electron chi connectivity index (χ0n) is 13.6. The molecular weight excluding hydrogens is 399 g/mol. The molecule has 1 atom stereocenters. The van der Waals surface area contributed by atoms with E-state index in [1.807, 2.05) is 11.8 Å². The Morgan fingerprint density at radius 3 is 2.79 bits per heavy atom. The second kappa shape index (κ2) is 8.40. The van der Waals surface area contributed by atoms with Crippen LogP contribution in [0, 0.1) is 5.82 Å². The Kier molecular flexibility index (Phi) is 6.77. The third kappa shape index (κ3) is 5.53. The van der Waals surface area contributed by atoms with E-state index in [4.69, 9.17) is 0 Å². The SMILES string of the molecule is CCCCN(CC(=O)Nc1ccc(Br)cc1F)C1CCS(=O)(=O)C1. The van der Waals surface area contributed by atoms with Crippen LogP contribution in [0.25, 0.3) is 0 Å². The maximum atomic E-state index is 13.8. The van der Waals surface area contributed by atoms with Crippen molar-refractivity contribution in [3.05, 3.63) is 28.5 Å². The van der Waals surface area contributed by atoms with Gasteiger partial charge in [-0.15, -0.1) is 0 Å². The molecule has 0 aliphatic carbocycles. The summed E-state index contributed by atoms with van der Waals surface area (Å²) in [4.78, 5) is 14.2. The summed E-state index contributed by atoms with van der Waals surface area (Å²) in [6.07, 6.45) is 2.39. The van der Waals surface area contributed by atoms with Gasteiger partial charge in [-0.25, -0.2) is 12.8 Å². The molecule has 0 spiro atoms. The lowest BCUT2D eigenvalue weighted by Gasteiger charge is -2.27. The number of carbonyl (C=O) groups excluding carboxylic acids is 1. The lowest BCUT2D eigenvalue weighted by atomic mass is 10.2. The van der Waals surface area contributed by atoms with Crippen molar-refractivity contribution in [3.63, 3.8) is 0 Å². The van der Waals surface area contributed by atoms with Gasteiger partial charge in [-0.3, -0.25) is 9.69 Å². The van der Waals surface area contributed by atoms with Crippen LogP contribution in [0.2, 0.25) is 0 Å².